The third-order valence-corrected chi connectivity index (χ3v) is 9.81. The third-order valence-electron chi connectivity index (χ3n) is 7.26. The summed E-state index contributed by atoms with van der Waals surface area (Å²) in [6.45, 7) is 5.79. The van der Waals surface area contributed by atoms with E-state index in [9.17, 15) is 26.7 Å². The maximum absolute atomic E-state index is 14.1. The van der Waals surface area contributed by atoms with E-state index in [1.165, 1.54) is 45.5 Å². The number of likely N-dealkylation sites (N-methyl/N-ethyl adjacent to an activating group) is 1. The monoisotopic (exact) mass is 629 g/mol. The highest BCUT2D eigenvalue weighted by Gasteiger charge is 2.31. The number of hydrogen-bond acceptors (Lipinski definition) is 9. The van der Waals surface area contributed by atoms with Crippen LogP contribution in [0, 0.1) is 5.92 Å². The fraction of sp³-hybridized carbons (Fsp3) is 0.630. The topological polar surface area (TPSA) is 160 Å². The number of benzene rings is 1. The van der Waals surface area contributed by atoms with Crippen molar-refractivity contribution in [2.24, 2.45) is 13.0 Å². The number of aliphatic hydroxyl groups excluding tert-OH is 1. The first-order valence-electron chi connectivity index (χ1n) is 13.9. The summed E-state index contributed by atoms with van der Waals surface area (Å²) >= 11 is 0. The zero-order valence-electron chi connectivity index (χ0n) is 25.1. The number of sulfonamides is 2. The van der Waals surface area contributed by atoms with Gasteiger partial charge in [0.15, 0.2) is 5.03 Å². The Kier molecular flexibility index (Phi) is 11.4. The van der Waals surface area contributed by atoms with E-state index in [2.05, 4.69) is 9.71 Å². The van der Waals surface area contributed by atoms with Crippen molar-refractivity contribution in [3.05, 3.63) is 36.3 Å². The van der Waals surface area contributed by atoms with Crippen molar-refractivity contribution in [3.63, 3.8) is 0 Å². The molecule has 1 aromatic heterocycles. The number of carbonyl (C=O) groups excluding carboxylic acids is 1. The zero-order chi connectivity index (χ0) is 31.2. The molecule has 13 nitrogen and oxygen atoms in total. The Morgan fingerprint density at radius 3 is 2.55 bits per heavy atom. The smallest absolute Gasteiger partial charge is 0.280 e. The quantitative estimate of drug-likeness (QED) is 0.445. The second-order valence-corrected chi connectivity index (χ2v) is 14.8. The molecule has 1 aliphatic heterocycles. The van der Waals surface area contributed by atoms with E-state index in [0.717, 1.165) is 19.1 Å². The number of ether oxygens (including phenoxy) is 2. The Balaban J connectivity index is 2.02. The zero-order valence-corrected chi connectivity index (χ0v) is 26.7. The van der Waals surface area contributed by atoms with Gasteiger partial charge in [0.25, 0.3) is 15.9 Å². The summed E-state index contributed by atoms with van der Waals surface area (Å²) in [5, 5.41) is 9.89. The van der Waals surface area contributed by atoms with Gasteiger partial charge >= 0.3 is 0 Å². The summed E-state index contributed by atoms with van der Waals surface area (Å²) in [5.41, 5.74) is 0.268. The first kappa shape index (κ1) is 33.8. The molecule has 2 aromatic rings. The van der Waals surface area contributed by atoms with Gasteiger partial charge in [-0.3, -0.25) is 9.52 Å². The highest BCUT2D eigenvalue weighted by Crippen LogP contribution is 2.29. The number of aryl methyl sites for hydroxylation is 1. The number of amides is 1. The number of fused-ring (bicyclic) bond motifs is 1. The number of anilines is 1. The average molecular weight is 630 g/mol. The number of carbonyl (C=O) groups is 1. The predicted octanol–water partition coefficient (Wildman–Crippen LogP) is 1.91. The van der Waals surface area contributed by atoms with Crippen molar-refractivity contribution in [1.82, 2.24) is 18.8 Å². The van der Waals surface area contributed by atoms with Crippen LogP contribution in [-0.2, 0) is 31.8 Å². The minimum absolute atomic E-state index is 0.102. The van der Waals surface area contributed by atoms with Crippen molar-refractivity contribution in [2.75, 3.05) is 44.3 Å². The van der Waals surface area contributed by atoms with Crippen LogP contribution in [0.15, 0.2) is 35.7 Å². The Bertz CT molecular complexity index is 1430. The molecule has 1 aliphatic rings. The van der Waals surface area contributed by atoms with Gasteiger partial charge in [0.2, 0.25) is 10.0 Å². The van der Waals surface area contributed by atoms with Crippen LogP contribution in [0.3, 0.4) is 0 Å². The van der Waals surface area contributed by atoms with E-state index in [1.54, 1.807) is 20.0 Å². The highest BCUT2D eigenvalue weighted by molar-refractivity contribution is 7.92. The van der Waals surface area contributed by atoms with E-state index in [-0.39, 0.29) is 53.7 Å². The molecule has 0 aliphatic carbocycles. The fourth-order valence-electron chi connectivity index (χ4n) is 4.57. The maximum atomic E-state index is 14.1. The van der Waals surface area contributed by atoms with Gasteiger partial charge in [0, 0.05) is 51.6 Å². The lowest BCUT2D eigenvalue weighted by atomic mass is 10.0. The highest BCUT2D eigenvalue weighted by atomic mass is 32.2. The molecule has 2 N–H and O–H groups in total. The number of nitrogens with zero attached hydrogens (tertiary/aromatic N) is 4. The van der Waals surface area contributed by atoms with E-state index < -0.39 is 38.1 Å². The van der Waals surface area contributed by atoms with Gasteiger partial charge in [-0.2, -0.15) is 8.42 Å². The molecule has 0 radical (unpaired) electrons. The van der Waals surface area contributed by atoms with Crippen molar-refractivity contribution in [3.8, 4) is 5.75 Å². The molecule has 0 spiro atoms. The summed E-state index contributed by atoms with van der Waals surface area (Å²) in [6, 6.07) is 3.89. The average Bonchev–Trinajstić information content (AvgIpc) is 3.36. The van der Waals surface area contributed by atoms with Crippen LogP contribution in [0.1, 0.15) is 50.4 Å². The lowest BCUT2D eigenvalue weighted by molar-refractivity contribution is -0.00828. The molecule has 0 saturated heterocycles. The van der Waals surface area contributed by atoms with Gasteiger partial charge in [0.1, 0.15) is 5.75 Å². The first-order valence-corrected chi connectivity index (χ1v) is 17.2. The minimum Gasteiger partial charge on any atom is -0.490 e. The van der Waals surface area contributed by atoms with E-state index in [4.69, 9.17) is 9.47 Å². The van der Waals surface area contributed by atoms with Gasteiger partial charge in [-0.05, 0) is 51.3 Å². The standard InChI is InChI=1S/C27H43N5O8S2/c1-19-14-32(20(2)17-33)27(34)23-13-22(29-42(37,38)26-16-30(4)18-28-26)10-11-24(23)40-21(3)9-7-8-12-39-25(19)15-31(5)41(6,35)36/h10-11,13,16,18-21,25,29,33H,7-9,12,14-15,17H2,1-6H3/t19-,20+,21+,25+/m0/s1. The molecule has 4 atom stereocenters. The van der Waals surface area contributed by atoms with Crippen LogP contribution in [0.4, 0.5) is 5.69 Å². The van der Waals surface area contributed by atoms with Crippen molar-refractivity contribution < 1.29 is 36.2 Å². The van der Waals surface area contributed by atoms with Crippen molar-refractivity contribution >= 4 is 31.6 Å². The van der Waals surface area contributed by atoms with E-state index in [1.807, 2.05) is 13.8 Å². The molecule has 15 heteroatoms. The van der Waals surface area contributed by atoms with Crippen LogP contribution in [0.25, 0.3) is 0 Å². The van der Waals surface area contributed by atoms with Gasteiger partial charge in [0.05, 0.1) is 43.0 Å². The number of rotatable bonds is 8. The van der Waals surface area contributed by atoms with Crippen molar-refractivity contribution in [2.45, 2.75) is 63.3 Å². The molecule has 1 aromatic carbocycles. The number of nitrogens with one attached hydrogen (secondary N) is 1. The SMILES string of the molecule is C[C@@H]1CCCCO[C@H](CN(C)S(C)(=O)=O)[C@@H](C)CN([C@H](C)CO)C(=O)c2cc(NS(=O)(=O)c3cn(C)cn3)ccc2O1. The maximum Gasteiger partial charge on any atom is 0.280 e. The fourth-order valence-corrected chi connectivity index (χ4v) is 6.02. The third kappa shape index (κ3) is 8.89. The molecule has 0 saturated carbocycles. The lowest BCUT2D eigenvalue weighted by Crippen LogP contribution is -2.47. The van der Waals surface area contributed by atoms with Crippen LogP contribution in [0.2, 0.25) is 0 Å². The molecule has 0 unspecified atom stereocenters. The number of aromatic nitrogens is 2. The van der Waals surface area contributed by atoms with Gasteiger partial charge in [-0.1, -0.05) is 6.92 Å². The van der Waals surface area contributed by atoms with Gasteiger partial charge in [-0.15, -0.1) is 0 Å². The van der Waals surface area contributed by atoms with E-state index >= 15 is 0 Å². The summed E-state index contributed by atoms with van der Waals surface area (Å²) in [6.07, 6.45) is 5.27. The molecule has 1 amide bonds. The number of aliphatic hydroxyl groups is 1. The summed E-state index contributed by atoms with van der Waals surface area (Å²) in [5.74, 6) is -0.501. The molecular formula is C27H43N5O8S2. The molecule has 0 bridgehead atoms. The summed E-state index contributed by atoms with van der Waals surface area (Å²) in [7, 11) is -4.35. The first-order chi connectivity index (χ1) is 19.6. The van der Waals surface area contributed by atoms with Gasteiger partial charge < -0.3 is 24.0 Å². The Labute approximate surface area is 248 Å². The molecule has 236 valence electrons. The Morgan fingerprint density at radius 2 is 1.93 bits per heavy atom. The van der Waals surface area contributed by atoms with Crippen LogP contribution < -0.4 is 9.46 Å². The second kappa shape index (κ2) is 14.2. The molecule has 42 heavy (non-hydrogen) atoms. The molecule has 3 rings (SSSR count). The molecule has 2 heterocycles. The van der Waals surface area contributed by atoms with Crippen LogP contribution >= 0.6 is 0 Å². The normalized spacial score (nSPS) is 22.2. The van der Waals surface area contributed by atoms with Crippen LogP contribution in [0.5, 0.6) is 5.75 Å². The summed E-state index contributed by atoms with van der Waals surface area (Å²) < 4.78 is 67.7. The largest absolute Gasteiger partial charge is 0.490 e. The van der Waals surface area contributed by atoms with Crippen LogP contribution in [-0.4, -0.2) is 104 Å². The van der Waals surface area contributed by atoms with Crippen molar-refractivity contribution in [1.29, 1.82) is 0 Å². The Morgan fingerprint density at radius 1 is 1.21 bits per heavy atom. The lowest BCUT2D eigenvalue weighted by Gasteiger charge is -2.35. The molecular weight excluding hydrogens is 586 g/mol. The van der Waals surface area contributed by atoms with E-state index in [0.29, 0.717) is 13.0 Å². The second-order valence-electron chi connectivity index (χ2n) is 11.0. The summed E-state index contributed by atoms with van der Waals surface area (Å²) in [4.78, 5) is 19.5. The Hall–Kier alpha value is -2.72. The van der Waals surface area contributed by atoms with Gasteiger partial charge in [-0.25, -0.2) is 17.7 Å². The molecule has 0 fully saturated rings. The predicted molar refractivity (Wildman–Crippen MR) is 158 cm³/mol. The minimum atomic E-state index is -4.03. The number of hydrogen-bond donors (Lipinski definition) is 2. The number of imidazole rings is 1.